The fourth-order valence-electron chi connectivity index (χ4n) is 2.67. The topological polar surface area (TPSA) is 75.6 Å². The second-order valence-electron chi connectivity index (χ2n) is 6.04. The minimum absolute atomic E-state index is 0.108. The standard InChI is InChI=1S/C19H25NO4S/c1-4-15(13-21)19(16-7-9-17(24-3)10-8-16)20-25(22,23)18-11-5-14(2)6-12-18/h5-12,15,19-21H,4,13H2,1-3H3/t15-,19-/m0/s1. The molecular formula is C19H25NO4S. The number of methoxy groups -OCH3 is 1. The van der Waals surface area contributed by atoms with E-state index in [1.54, 1.807) is 43.5 Å². The van der Waals surface area contributed by atoms with E-state index in [0.29, 0.717) is 12.2 Å². The van der Waals surface area contributed by atoms with Gasteiger partial charge in [-0.05, 0) is 43.2 Å². The first-order valence-corrected chi connectivity index (χ1v) is 9.73. The minimum Gasteiger partial charge on any atom is -0.497 e. The van der Waals surface area contributed by atoms with Gasteiger partial charge < -0.3 is 9.84 Å². The third-order valence-corrected chi connectivity index (χ3v) is 5.78. The molecule has 2 N–H and O–H groups in total. The van der Waals surface area contributed by atoms with Crippen molar-refractivity contribution >= 4 is 10.0 Å². The van der Waals surface area contributed by atoms with Crippen molar-refractivity contribution in [1.29, 1.82) is 0 Å². The van der Waals surface area contributed by atoms with Crippen LogP contribution in [0.2, 0.25) is 0 Å². The van der Waals surface area contributed by atoms with Gasteiger partial charge in [0.05, 0.1) is 18.0 Å². The van der Waals surface area contributed by atoms with Gasteiger partial charge in [-0.3, -0.25) is 0 Å². The van der Waals surface area contributed by atoms with Crippen molar-refractivity contribution in [2.75, 3.05) is 13.7 Å². The van der Waals surface area contributed by atoms with Crippen LogP contribution < -0.4 is 9.46 Å². The van der Waals surface area contributed by atoms with Crippen LogP contribution in [0.5, 0.6) is 5.75 Å². The normalized spacial score (nSPS) is 14.1. The third kappa shape index (κ3) is 4.81. The number of ether oxygens (including phenoxy) is 1. The maximum atomic E-state index is 12.8. The quantitative estimate of drug-likeness (QED) is 0.756. The van der Waals surface area contributed by atoms with Crippen LogP contribution in [-0.4, -0.2) is 27.2 Å². The molecule has 0 radical (unpaired) electrons. The molecule has 0 saturated carbocycles. The number of aliphatic hydroxyl groups excluding tert-OH is 1. The number of hydrogen-bond acceptors (Lipinski definition) is 4. The maximum Gasteiger partial charge on any atom is 0.241 e. The van der Waals surface area contributed by atoms with Crippen LogP contribution in [-0.2, 0) is 10.0 Å². The van der Waals surface area contributed by atoms with E-state index in [2.05, 4.69) is 4.72 Å². The van der Waals surface area contributed by atoms with Gasteiger partial charge in [0.1, 0.15) is 5.75 Å². The Labute approximate surface area is 149 Å². The molecule has 0 amide bonds. The van der Waals surface area contributed by atoms with Gasteiger partial charge in [-0.2, -0.15) is 0 Å². The van der Waals surface area contributed by atoms with Crippen LogP contribution in [0.4, 0.5) is 0 Å². The molecule has 2 aromatic carbocycles. The Hall–Kier alpha value is -1.89. The molecule has 0 saturated heterocycles. The Kier molecular flexibility index (Phi) is 6.58. The zero-order valence-corrected chi connectivity index (χ0v) is 15.6. The first-order chi connectivity index (χ1) is 11.9. The summed E-state index contributed by atoms with van der Waals surface area (Å²) in [7, 11) is -2.12. The second-order valence-corrected chi connectivity index (χ2v) is 7.75. The largest absolute Gasteiger partial charge is 0.497 e. The number of benzene rings is 2. The highest BCUT2D eigenvalue weighted by molar-refractivity contribution is 7.89. The predicted molar refractivity (Wildman–Crippen MR) is 98.1 cm³/mol. The first kappa shape index (κ1) is 19.4. The molecule has 0 fully saturated rings. The average molecular weight is 363 g/mol. The van der Waals surface area contributed by atoms with E-state index >= 15 is 0 Å². The lowest BCUT2D eigenvalue weighted by Gasteiger charge is -2.26. The number of aryl methyl sites for hydroxylation is 1. The zero-order chi connectivity index (χ0) is 18.4. The van der Waals surface area contributed by atoms with Gasteiger partial charge in [0.25, 0.3) is 0 Å². The van der Waals surface area contributed by atoms with E-state index in [1.807, 2.05) is 26.0 Å². The fraction of sp³-hybridized carbons (Fsp3) is 0.368. The summed E-state index contributed by atoms with van der Waals surface area (Å²) in [6, 6.07) is 13.4. The van der Waals surface area contributed by atoms with E-state index < -0.39 is 16.1 Å². The fourth-order valence-corrected chi connectivity index (χ4v) is 3.96. The SMILES string of the molecule is CC[C@@H](CO)[C@H](NS(=O)(=O)c1ccc(C)cc1)c1ccc(OC)cc1. The Morgan fingerprint density at radius 1 is 1.08 bits per heavy atom. The molecular weight excluding hydrogens is 338 g/mol. The van der Waals surface area contributed by atoms with E-state index in [1.165, 1.54) is 0 Å². The number of nitrogens with one attached hydrogen (secondary N) is 1. The van der Waals surface area contributed by atoms with E-state index in [4.69, 9.17) is 4.74 Å². The maximum absolute atomic E-state index is 12.8. The Balaban J connectivity index is 2.36. The lowest BCUT2D eigenvalue weighted by molar-refractivity contribution is 0.195. The second kappa shape index (κ2) is 8.47. The lowest BCUT2D eigenvalue weighted by atomic mass is 9.92. The molecule has 136 valence electrons. The highest BCUT2D eigenvalue weighted by Gasteiger charge is 2.27. The summed E-state index contributed by atoms with van der Waals surface area (Å²) in [4.78, 5) is 0.212. The van der Waals surface area contributed by atoms with Gasteiger partial charge in [0, 0.05) is 12.5 Å². The van der Waals surface area contributed by atoms with E-state index in [9.17, 15) is 13.5 Å². The smallest absolute Gasteiger partial charge is 0.241 e. The van der Waals surface area contributed by atoms with Crippen LogP contribution in [0.25, 0.3) is 0 Å². The highest BCUT2D eigenvalue weighted by atomic mass is 32.2. The van der Waals surface area contributed by atoms with Crippen LogP contribution in [0, 0.1) is 12.8 Å². The Morgan fingerprint density at radius 3 is 2.16 bits per heavy atom. The van der Waals surface area contributed by atoms with Gasteiger partial charge in [-0.1, -0.05) is 36.8 Å². The average Bonchev–Trinajstić information content (AvgIpc) is 2.62. The number of hydrogen-bond donors (Lipinski definition) is 2. The molecule has 2 rings (SSSR count). The molecule has 0 aliphatic carbocycles. The molecule has 0 spiro atoms. The molecule has 0 aromatic heterocycles. The summed E-state index contributed by atoms with van der Waals surface area (Å²) < 4.78 is 33.5. The monoisotopic (exact) mass is 363 g/mol. The molecule has 6 heteroatoms. The zero-order valence-electron chi connectivity index (χ0n) is 14.8. The summed E-state index contributed by atoms with van der Waals surface area (Å²) >= 11 is 0. The van der Waals surface area contributed by atoms with Crippen molar-refractivity contribution < 1.29 is 18.3 Å². The summed E-state index contributed by atoms with van der Waals surface area (Å²) in [5.41, 5.74) is 1.78. The van der Waals surface area contributed by atoms with Crippen molar-refractivity contribution in [3.05, 3.63) is 59.7 Å². The lowest BCUT2D eigenvalue weighted by Crippen LogP contribution is -2.34. The first-order valence-electron chi connectivity index (χ1n) is 8.25. The van der Waals surface area contributed by atoms with E-state index in [0.717, 1.165) is 11.1 Å². The van der Waals surface area contributed by atoms with Crippen molar-refractivity contribution in [1.82, 2.24) is 4.72 Å². The summed E-state index contributed by atoms with van der Waals surface area (Å²) in [6.45, 7) is 3.73. The molecule has 0 aliphatic heterocycles. The molecule has 2 atom stereocenters. The Morgan fingerprint density at radius 2 is 1.68 bits per heavy atom. The minimum atomic E-state index is -3.70. The van der Waals surface area contributed by atoms with Crippen molar-refractivity contribution in [2.45, 2.75) is 31.2 Å². The van der Waals surface area contributed by atoms with Crippen molar-refractivity contribution in [3.8, 4) is 5.75 Å². The van der Waals surface area contributed by atoms with Crippen molar-refractivity contribution in [2.24, 2.45) is 5.92 Å². The highest BCUT2D eigenvalue weighted by Crippen LogP contribution is 2.28. The van der Waals surface area contributed by atoms with Crippen LogP contribution in [0.15, 0.2) is 53.4 Å². The van der Waals surface area contributed by atoms with Crippen LogP contribution in [0.3, 0.4) is 0 Å². The van der Waals surface area contributed by atoms with Gasteiger partial charge in [0.2, 0.25) is 10.0 Å². The van der Waals surface area contributed by atoms with Gasteiger partial charge in [0.15, 0.2) is 0 Å². The summed E-state index contributed by atoms with van der Waals surface area (Å²) in [6.07, 6.45) is 0.642. The predicted octanol–water partition coefficient (Wildman–Crippen LogP) is 3.04. The van der Waals surface area contributed by atoms with Crippen LogP contribution >= 0.6 is 0 Å². The van der Waals surface area contributed by atoms with Crippen LogP contribution in [0.1, 0.15) is 30.5 Å². The van der Waals surface area contributed by atoms with Gasteiger partial charge in [-0.25, -0.2) is 13.1 Å². The molecule has 2 aromatic rings. The molecule has 0 aliphatic rings. The summed E-state index contributed by atoms with van der Waals surface area (Å²) in [5, 5.41) is 9.70. The number of aliphatic hydroxyl groups is 1. The molecule has 0 unspecified atom stereocenters. The Bertz CT molecular complexity index is 766. The van der Waals surface area contributed by atoms with Crippen molar-refractivity contribution in [3.63, 3.8) is 0 Å². The van der Waals surface area contributed by atoms with Gasteiger partial charge in [-0.15, -0.1) is 0 Å². The third-order valence-electron chi connectivity index (χ3n) is 4.32. The molecule has 0 heterocycles. The number of rotatable bonds is 8. The molecule has 0 bridgehead atoms. The molecule has 5 nitrogen and oxygen atoms in total. The number of sulfonamides is 1. The van der Waals surface area contributed by atoms with E-state index in [-0.39, 0.29) is 17.4 Å². The molecule has 25 heavy (non-hydrogen) atoms. The van der Waals surface area contributed by atoms with Gasteiger partial charge >= 0.3 is 0 Å². The summed E-state index contributed by atoms with van der Waals surface area (Å²) in [5.74, 6) is 0.467.